The molecule has 0 bridgehead atoms. The van der Waals surface area contributed by atoms with Crippen molar-refractivity contribution in [1.82, 2.24) is 5.32 Å². The Balaban J connectivity index is 1.30. The molecule has 0 unspecified atom stereocenters. The lowest BCUT2D eigenvalue weighted by Crippen LogP contribution is -2.13. The molecule has 0 radical (unpaired) electrons. The molecule has 25 heavy (non-hydrogen) atoms. The molecule has 2 fully saturated rings. The van der Waals surface area contributed by atoms with Gasteiger partial charge in [0, 0.05) is 11.1 Å². The van der Waals surface area contributed by atoms with Gasteiger partial charge in [-0.25, -0.2) is 0 Å². The van der Waals surface area contributed by atoms with Crippen LogP contribution >= 0.6 is 0 Å². The monoisotopic (exact) mass is 348 g/mol. The van der Waals surface area contributed by atoms with Crippen molar-refractivity contribution in [2.45, 2.75) is 109 Å². The molecule has 0 aromatic rings. The Bertz CT molecular complexity index is 380. The van der Waals surface area contributed by atoms with E-state index in [-0.39, 0.29) is 0 Å². The third kappa shape index (κ3) is 7.72. The van der Waals surface area contributed by atoms with E-state index in [9.17, 15) is 0 Å². The van der Waals surface area contributed by atoms with E-state index in [1.165, 1.54) is 116 Å². The Morgan fingerprint density at radius 3 is 1.64 bits per heavy atom. The lowest BCUT2D eigenvalue weighted by molar-refractivity contribution is 0.397. The zero-order valence-electron chi connectivity index (χ0n) is 17.0. The largest absolute Gasteiger partial charge is 0.402 e. The molecule has 2 aliphatic rings. The molecule has 0 spiro atoms. The minimum absolute atomic E-state index is 0.367. The number of rotatable bonds is 17. The highest BCUT2D eigenvalue weighted by Crippen LogP contribution is 2.53. The standard InChI is InChI=1S/C23H44N2/c1-21(24)23(17-18-23)14-12-10-8-6-4-3-5-7-9-11-13-22(15-16-22)19-20-25-2/h25H,1,3-20,24H2,2H3. The van der Waals surface area contributed by atoms with Gasteiger partial charge in [-0.2, -0.15) is 0 Å². The van der Waals surface area contributed by atoms with Crippen molar-refractivity contribution in [3.63, 3.8) is 0 Å². The highest BCUT2D eigenvalue weighted by atomic mass is 14.8. The lowest BCUT2D eigenvalue weighted by Gasteiger charge is -2.14. The third-order valence-corrected chi connectivity index (χ3v) is 7.01. The molecule has 0 atom stereocenters. The molecule has 3 N–H and O–H groups in total. The van der Waals surface area contributed by atoms with E-state index >= 15 is 0 Å². The summed E-state index contributed by atoms with van der Waals surface area (Å²) >= 11 is 0. The maximum atomic E-state index is 5.91. The van der Waals surface area contributed by atoms with Crippen LogP contribution in [0.25, 0.3) is 0 Å². The number of hydrogen-bond donors (Lipinski definition) is 2. The minimum atomic E-state index is 0.367. The predicted octanol–water partition coefficient (Wildman–Crippen LogP) is 6.31. The molecule has 0 heterocycles. The number of unbranched alkanes of at least 4 members (excludes halogenated alkanes) is 9. The van der Waals surface area contributed by atoms with Gasteiger partial charge in [-0.1, -0.05) is 70.8 Å². The summed E-state index contributed by atoms with van der Waals surface area (Å²) in [5.74, 6) is 0. The molecule has 0 saturated heterocycles. The van der Waals surface area contributed by atoms with Crippen molar-refractivity contribution < 1.29 is 0 Å². The Hall–Kier alpha value is -0.500. The van der Waals surface area contributed by atoms with Gasteiger partial charge in [0.1, 0.15) is 0 Å². The van der Waals surface area contributed by atoms with Crippen molar-refractivity contribution in [1.29, 1.82) is 0 Å². The first-order valence-electron chi connectivity index (χ1n) is 11.2. The second-order valence-corrected chi connectivity index (χ2v) is 9.19. The lowest BCUT2D eigenvalue weighted by atomic mass is 9.94. The van der Waals surface area contributed by atoms with Gasteiger partial charge in [-0.3, -0.25) is 0 Å². The molecule has 2 aliphatic carbocycles. The van der Waals surface area contributed by atoms with Crippen LogP contribution in [0, 0.1) is 10.8 Å². The topological polar surface area (TPSA) is 38.0 Å². The van der Waals surface area contributed by atoms with Gasteiger partial charge >= 0.3 is 0 Å². The molecule has 2 heteroatoms. The van der Waals surface area contributed by atoms with Crippen LogP contribution in [0.5, 0.6) is 0 Å². The zero-order valence-corrected chi connectivity index (χ0v) is 17.0. The molecule has 0 aromatic heterocycles. The van der Waals surface area contributed by atoms with Gasteiger partial charge in [0.15, 0.2) is 0 Å². The number of nitrogens with two attached hydrogens (primary N) is 1. The van der Waals surface area contributed by atoms with Crippen LogP contribution in [0.2, 0.25) is 0 Å². The third-order valence-electron chi connectivity index (χ3n) is 7.01. The fourth-order valence-electron chi connectivity index (χ4n) is 4.45. The molecule has 146 valence electrons. The second kappa shape index (κ2) is 10.6. The summed E-state index contributed by atoms with van der Waals surface area (Å²) in [7, 11) is 2.08. The molecule has 2 rings (SSSR count). The van der Waals surface area contributed by atoms with Crippen LogP contribution in [0.4, 0.5) is 0 Å². The van der Waals surface area contributed by atoms with Crippen molar-refractivity contribution in [2.75, 3.05) is 13.6 Å². The zero-order chi connectivity index (χ0) is 18.0. The number of nitrogens with one attached hydrogen (secondary N) is 1. The van der Waals surface area contributed by atoms with E-state index in [4.69, 9.17) is 5.73 Å². The van der Waals surface area contributed by atoms with Crippen LogP contribution in [0.3, 0.4) is 0 Å². The average molecular weight is 349 g/mol. The van der Waals surface area contributed by atoms with Crippen LogP contribution in [-0.4, -0.2) is 13.6 Å². The Labute approximate surface area is 157 Å². The molecular formula is C23H44N2. The maximum Gasteiger partial charge on any atom is 0.00932 e. The Morgan fingerprint density at radius 1 is 0.760 bits per heavy atom. The van der Waals surface area contributed by atoms with Crippen LogP contribution in [-0.2, 0) is 0 Å². The highest BCUT2D eigenvalue weighted by Gasteiger charge is 2.43. The van der Waals surface area contributed by atoms with Gasteiger partial charge in [0.05, 0.1) is 0 Å². The van der Waals surface area contributed by atoms with Crippen molar-refractivity contribution >= 4 is 0 Å². The van der Waals surface area contributed by atoms with Crippen molar-refractivity contribution in [2.24, 2.45) is 16.6 Å². The summed E-state index contributed by atoms with van der Waals surface area (Å²) in [6.45, 7) is 5.17. The summed E-state index contributed by atoms with van der Waals surface area (Å²) in [6.07, 6.45) is 24.1. The molecule has 0 aromatic carbocycles. The van der Waals surface area contributed by atoms with Gasteiger partial charge in [-0.05, 0) is 64.0 Å². The number of hydrogen-bond acceptors (Lipinski definition) is 2. The van der Waals surface area contributed by atoms with Gasteiger partial charge in [0.25, 0.3) is 0 Å². The van der Waals surface area contributed by atoms with Crippen LogP contribution < -0.4 is 11.1 Å². The fourth-order valence-corrected chi connectivity index (χ4v) is 4.45. The van der Waals surface area contributed by atoms with E-state index in [1.807, 2.05) is 0 Å². The van der Waals surface area contributed by atoms with Gasteiger partial charge in [0.2, 0.25) is 0 Å². The van der Waals surface area contributed by atoms with E-state index in [2.05, 4.69) is 18.9 Å². The van der Waals surface area contributed by atoms with E-state index in [0.717, 1.165) is 11.1 Å². The Morgan fingerprint density at radius 2 is 1.24 bits per heavy atom. The molecular weight excluding hydrogens is 304 g/mol. The van der Waals surface area contributed by atoms with E-state index in [0.29, 0.717) is 5.41 Å². The first-order chi connectivity index (χ1) is 12.1. The predicted molar refractivity (Wildman–Crippen MR) is 111 cm³/mol. The van der Waals surface area contributed by atoms with Gasteiger partial charge < -0.3 is 11.1 Å². The smallest absolute Gasteiger partial charge is 0.00932 e. The van der Waals surface area contributed by atoms with Crippen LogP contribution in [0.1, 0.15) is 109 Å². The average Bonchev–Trinajstić information content (AvgIpc) is 3.51. The van der Waals surface area contributed by atoms with E-state index in [1.54, 1.807) is 0 Å². The maximum absolute atomic E-state index is 5.91. The fraction of sp³-hybridized carbons (Fsp3) is 0.913. The van der Waals surface area contributed by atoms with Crippen molar-refractivity contribution in [3.8, 4) is 0 Å². The second-order valence-electron chi connectivity index (χ2n) is 9.19. The first kappa shape index (κ1) is 20.8. The Kier molecular flexibility index (Phi) is 8.82. The SMILES string of the molecule is C=C(N)C1(CCCCCCCCCCCCC2(CCNC)CC2)CC1. The quantitative estimate of drug-likeness (QED) is 0.302. The number of allylic oxidation sites excluding steroid dienone is 1. The normalized spacial score (nSPS) is 19.7. The van der Waals surface area contributed by atoms with E-state index < -0.39 is 0 Å². The molecule has 0 amide bonds. The summed E-state index contributed by atoms with van der Waals surface area (Å²) < 4.78 is 0. The first-order valence-corrected chi connectivity index (χ1v) is 11.2. The van der Waals surface area contributed by atoms with Crippen LogP contribution in [0.15, 0.2) is 12.3 Å². The molecule has 2 saturated carbocycles. The molecule has 2 nitrogen and oxygen atoms in total. The highest BCUT2D eigenvalue weighted by molar-refractivity contribution is 5.14. The summed E-state index contributed by atoms with van der Waals surface area (Å²) in [6, 6.07) is 0. The minimum Gasteiger partial charge on any atom is -0.402 e. The van der Waals surface area contributed by atoms with Crippen molar-refractivity contribution in [3.05, 3.63) is 12.3 Å². The summed E-state index contributed by atoms with van der Waals surface area (Å²) in [5, 5.41) is 3.31. The van der Waals surface area contributed by atoms with Gasteiger partial charge in [-0.15, -0.1) is 0 Å². The molecule has 0 aliphatic heterocycles. The summed E-state index contributed by atoms with van der Waals surface area (Å²) in [5.41, 5.74) is 7.99. The summed E-state index contributed by atoms with van der Waals surface area (Å²) in [4.78, 5) is 0.